The molecule has 0 aromatic rings. The second-order valence-corrected chi connectivity index (χ2v) is 6.65. The molecule has 0 atom stereocenters. The Morgan fingerprint density at radius 1 is 0.812 bits per heavy atom. The van der Waals surface area contributed by atoms with E-state index < -0.39 is 0 Å². The Hall–Kier alpha value is 0.620. The van der Waals surface area contributed by atoms with Gasteiger partial charge in [-0.3, -0.25) is 5.26 Å². The molecule has 0 aliphatic heterocycles. The predicted octanol–water partition coefficient (Wildman–Crippen LogP) is 5.00. The minimum Gasteiger partial charge on any atom is -0.252 e. The summed E-state index contributed by atoms with van der Waals surface area (Å²) in [6, 6.07) is 0. The summed E-state index contributed by atoms with van der Waals surface area (Å²) in [5.74, 6) is 2.53. The topological polar surface area (TPSA) is 29.5 Å². The maximum Gasteiger partial charge on any atom is 0.0819 e. The zero-order valence-corrected chi connectivity index (χ0v) is 12.1. The molecule has 1 N–H and O–H groups in total. The molecule has 2 nitrogen and oxygen atoms in total. The molecule has 0 spiro atoms. The number of hydrogen-bond donors (Lipinski definition) is 1. The van der Waals surface area contributed by atoms with E-state index in [4.69, 9.17) is 5.26 Å². The first-order valence-corrected chi connectivity index (χ1v) is 8.91. The van der Waals surface area contributed by atoms with Gasteiger partial charge in [-0.1, -0.05) is 60.6 Å². The second-order valence-electron chi connectivity index (χ2n) is 3.95. The van der Waals surface area contributed by atoms with Gasteiger partial charge in [-0.05, 0) is 19.3 Å². The molecule has 0 unspecified atom stereocenters. The van der Waals surface area contributed by atoms with E-state index in [0.29, 0.717) is 6.61 Å². The summed E-state index contributed by atoms with van der Waals surface area (Å²) in [5.41, 5.74) is 0. The predicted molar refractivity (Wildman–Crippen MR) is 76.1 cm³/mol. The van der Waals surface area contributed by atoms with E-state index in [1.165, 1.54) is 50.0 Å². The van der Waals surface area contributed by atoms with Gasteiger partial charge in [0.2, 0.25) is 0 Å². The van der Waals surface area contributed by atoms with Crippen LogP contribution in [0.5, 0.6) is 0 Å². The lowest BCUT2D eigenvalue weighted by atomic mass is 10.2. The van der Waals surface area contributed by atoms with E-state index in [1.54, 1.807) is 0 Å². The van der Waals surface area contributed by atoms with Gasteiger partial charge < -0.3 is 0 Å². The van der Waals surface area contributed by atoms with Gasteiger partial charge in [0.25, 0.3) is 0 Å². The third-order valence-corrected chi connectivity index (χ3v) is 4.96. The van der Waals surface area contributed by atoms with Crippen LogP contribution in [0.3, 0.4) is 0 Å². The van der Waals surface area contributed by atoms with Gasteiger partial charge in [-0.25, -0.2) is 4.89 Å². The summed E-state index contributed by atoms with van der Waals surface area (Å²) < 4.78 is 0. The Morgan fingerprint density at radius 2 is 1.38 bits per heavy atom. The van der Waals surface area contributed by atoms with Crippen LogP contribution in [0.1, 0.15) is 58.3 Å². The quantitative estimate of drug-likeness (QED) is 0.220. The van der Waals surface area contributed by atoms with Crippen LogP contribution in [0.2, 0.25) is 0 Å². The molecule has 0 aromatic carbocycles. The van der Waals surface area contributed by atoms with Gasteiger partial charge in [-0.2, -0.15) is 0 Å². The van der Waals surface area contributed by atoms with E-state index in [-0.39, 0.29) is 0 Å². The molecule has 0 radical (unpaired) electrons. The van der Waals surface area contributed by atoms with Crippen molar-refractivity contribution in [3.63, 3.8) is 0 Å². The molecule has 0 aliphatic rings. The molecule has 0 rings (SSSR count). The second kappa shape index (κ2) is 15.6. The molecule has 0 saturated heterocycles. The van der Waals surface area contributed by atoms with Crippen LogP contribution in [0, 0.1) is 0 Å². The third-order valence-electron chi connectivity index (χ3n) is 2.38. The smallest absolute Gasteiger partial charge is 0.0819 e. The van der Waals surface area contributed by atoms with Crippen LogP contribution >= 0.6 is 21.6 Å². The Bertz CT molecular complexity index is 110. The van der Waals surface area contributed by atoms with Crippen molar-refractivity contribution >= 4 is 21.6 Å². The van der Waals surface area contributed by atoms with E-state index in [2.05, 4.69) is 11.8 Å². The van der Waals surface area contributed by atoms with Crippen molar-refractivity contribution in [2.75, 3.05) is 18.1 Å². The van der Waals surface area contributed by atoms with Crippen LogP contribution in [0.4, 0.5) is 0 Å². The zero-order valence-electron chi connectivity index (χ0n) is 10.5. The Kier molecular flexibility index (Phi) is 16.2. The molecule has 16 heavy (non-hydrogen) atoms. The standard InChI is InChI=1S/C12H26O2S2/c1-2-3-4-5-8-11-15-16-12-9-6-7-10-14-13/h13H,2-12H2,1H3. The van der Waals surface area contributed by atoms with Gasteiger partial charge in [0.15, 0.2) is 0 Å². The van der Waals surface area contributed by atoms with Gasteiger partial charge in [0.1, 0.15) is 0 Å². The van der Waals surface area contributed by atoms with Gasteiger partial charge in [0.05, 0.1) is 6.61 Å². The number of rotatable bonds is 13. The molecular formula is C12H26O2S2. The molecule has 0 fully saturated rings. The first-order chi connectivity index (χ1) is 7.91. The van der Waals surface area contributed by atoms with E-state index in [1.807, 2.05) is 21.6 Å². The normalized spacial score (nSPS) is 10.9. The molecule has 4 heteroatoms. The fourth-order valence-electron chi connectivity index (χ4n) is 1.39. The van der Waals surface area contributed by atoms with Gasteiger partial charge in [-0.15, -0.1) is 0 Å². The lowest BCUT2D eigenvalue weighted by Gasteiger charge is -2.01. The maximum absolute atomic E-state index is 8.12. The van der Waals surface area contributed by atoms with Crippen LogP contribution < -0.4 is 0 Å². The van der Waals surface area contributed by atoms with E-state index >= 15 is 0 Å². The van der Waals surface area contributed by atoms with Crippen LogP contribution in [-0.2, 0) is 4.89 Å². The highest BCUT2D eigenvalue weighted by molar-refractivity contribution is 8.76. The van der Waals surface area contributed by atoms with E-state index in [9.17, 15) is 0 Å². The van der Waals surface area contributed by atoms with Crippen molar-refractivity contribution in [2.45, 2.75) is 58.3 Å². The molecule has 0 bridgehead atoms. The Morgan fingerprint density at radius 3 is 1.94 bits per heavy atom. The summed E-state index contributed by atoms with van der Waals surface area (Å²) in [6.07, 6.45) is 10.3. The summed E-state index contributed by atoms with van der Waals surface area (Å²) in [4.78, 5) is 4.02. The molecular weight excluding hydrogens is 240 g/mol. The summed E-state index contributed by atoms with van der Waals surface area (Å²) in [6.45, 7) is 2.74. The Balaban J connectivity index is 2.83. The van der Waals surface area contributed by atoms with Crippen LogP contribution in [0.25, 0.3) is 0 Å². The number of unbranched alkanes of at least 4 members (excludes halogenated alkanes) is 6. The van der Waals surface area contributed by atoms with Crippen molar-refractivity contribution in [1.82, 2.24) is 0 Å². The number of hydrogen-bond acceptors (Lipinski definition) is 4. The summed E-state index contributed by atoms with van der Waals surface area (Å²) >= 11 is 0. The highest BCUT2D eigenvalue weighted by Crippen LogP contribution is 2.24. The molecule has 98 valence electrons. The average molecular weight is 266 g/mol. The Labute approximate surface area is 108 Å². The lowest BCUT2D eigenvalue weighted by Crippen LogP contribution is -1.89. The highest BCUT2D eigenvalue weighted by atomic mass is 33.1. The first kappa shape index (κ1) is 16.6. The third kappa shape index (κ3) is 14.6. The lowest BCUT2D eigenvalue weighted by molar-refractivity contribution is -0.242. The molecule has 0 aliphatic carbocycles. The highest BCUT2D eigenvalue weighted by Gasteiger charge is 1.93. The van der Waals surface area contributed by atoms with Gasteiger partial charge >= 0.3 is 0 Å². The monoisotopic (exact) mass is 266 g/mol. The molecule has 0 aromatic heterocycles. The van der Waals surface area contributed by atoms with Crippen molar-refractivity contribution < 1.29 is 10.1 Å². The van der Waals surface area contributed by atoms with Gasteiger partial charge in [0, 0.05) is 11.5 Å². The van der Waals surface area contributed by atoms with Crippen molar-refractivity contribution in [3.05, 3.63) is 0 Å². The first-order valence-electron chi connectivity index (χ1n) is 6.42. The fraction of sp³-hybridized carbons (Fsp3) is 1.00. The summed E-state index contributed by atoms with van der Waals surface area (Å²) in [5, 5.41) is 8.12. The minimum atomic E-state index is 0.481. The molecule has 0 amide bonds. The van der Waals surface area contributed by atoms with Crippen molar-refractivity contribution in [1.29, 1.82) is 0 Å². The maximum atomic E-state index is 8.12. The zero-order chi connectivity index (χ0) is 11.9. The van der Waals surface area contributed by atoms with Crippen LogP contribution in [-0.4, -0.2) is 23.4 Å². The largest absolute Gasteiger partial charge is 0.252 e. The van der Waals surface area contributed by atoms with E-state index in [0.717, 1.165) is 12.8 Å². The fourth-order valence-corrected chi connectivity index (χ4v) is 3.68. The minimum absolute atomic E-state index is 0.481. The van der Waals surface area contributed by atoms with Crippen molar-refractivity contribution in [3.8, 4) is 0 Å². The average Bonchev–Trinajstić information content (AvgIpc) is 2.31. The van der Waals surface area contributed by atoms with Crippen LogP contribution in [0.15, 0.2) is 0 Å². The molecule has 0 heterocycles. The molecule has 0 saturated carbocycles. The SMILES string of the molecule is CCCCCCCSSCCCCCOO. The summed E-state index contributed by atoms with van der Waals surface area (Å²) in [7, 11) is 4.00. The van der Waals surface area contributed by atoms with Crippen molar-refractivity contribution in [2.24, 2.45) is 0 Å².